The van der Waals surface area contributed by atoms with Crippen molar-refractivity contribution in [3.63, 3.8) is 0 Å². The van der Waals surface area contributed by atoms with Crippen molar-refractivity contribution in [2.75, 3.05) is 19.6 Å². The highest BCUT2D eigenvalue weighted by Gasteiger charge is 2.43. The summed E-state index contributed by atoms with van der Waals surface area (Å²) in [6, 6.07) is 0.143. The Balaban J connectivity index is 1.66. The van der Waals surface area contributed by atoms with Gasteiger partial charge in [0.25, 0.3) is 0 Å². The fourth-order valence-corrected chi connectivity index (χ4v) is 3.85. The zero-order valence-electron chi connectivity index (χ0n) is 11.5. The maximum Gasteiger partial charge on any atom is 0.307 e. The number of nitrogens with zero attached hydrogens (tertiary/aromatic N) is 2. The van der Waals surface area contributed by atoms with Crippen molar-refractivity contribution in [2.24, 2.45) is 11.8 Å². The minimum atomic E-state index is -0.851. The van der Waals surface area contributed by atoms with Crippen LogP contribution in [0.2, 0.25) is 0 Å². The molecule has 0 aromatic carbocycles. The van der Waals surface area contributed by atoms with Gasteiger partial charge in [0.1, 0.15) is 0 Å². The standard InChI is InChI=1S/C14H20N2O4/c17-12-5-4-9-8-15(6-7-16(9)12)13(18)10-2-1-3-11(10)14(19)20/h9-11H,1-8H2,(H,19,20). The highest BCUT2D eigenvalue weighted by molar-refractivity contribution is 5.86. The van der Waals surface area contributed by atoms with Gasteiger partial charge in [0.2, 0.25) is 11.8 Å². The molecule has 3 atom stereocenters. The fraction of sp³-hybridized carbons (Fsp3) is 0.786. The van der Waals surface area contributed by atoms with Crippen LogP contribution in [0.5, 0.6) is 0 Å². The molecule has 3 fully saturated rings. The van der Waals surface area contributed by atoms with Crippen LogP contribution >= 0.6 is 0 Å². The van der Waals surface area contributed by atoms with E-state index < -0.39 is 11.9 Å². The Morgan fingerprint density at radius 2 is 1.85 bits per heavy atom. The average molecular weight is 280 g/mol. The molecule has 0 aromatic heterocycles. The molecule has 2 amide bonds. The Hall–Kier alpha value is -1.59. The number of rotatable bonds is 2. The van der Waals surface area contributed by atoms with Crippen LogP contribution in [0, 0.1) is 11.8 Å². The Labute approximate surface area is 117 Å². The van der Waals surface area contributed by atoms with Crippen LogP contribution in [-0.4, -0.2) is 58.4 Å². The molecule has 3 rings (SSSR count). The van der Waals surface area contributed by atoms with E-state index in [1.165, 1.54) is 0 Å². The van der Waals surface area contributed by atoms with Gasteiger partial charge in [0.15, 0.2) is 0 Å². The summed E-state index contributed by atoms with van der Waals surface area (Å²) in [6.07, 6.45) is 3.49. The van der Waals surface area contributed by atoms with Gasteiger partial charge in [-0.25, -0.2) is 0 Å². The second-order valence-electron chi connectivity index (χ2n) is 6.05. The number of carboxylic acid groups (broad SMARTS) is 1. The maximum absolute atomic E-state index is 12.5. The number of carbonyl (C=O) groups excluding carboxylic acids is 2. The first-order chi connectivity index (χ1) is 9.58. The number of amides is 2. The zero-order valence-corrected chi connectivity index (χ0v) is 11.5. The number of piperazine rings is 1. The third-order valence-electron chi connectivity index (χ3n) is 4.96. The molecule has 1 N–H and O–H groups in total. The van der Waals surface area contributed by atoms with Gasteiger partial charge in [-0.05, 0) is 19.3 Å². The summed E-state index contributed by atoms with van der Waals surface area (Å²) in [5.74, 6) is -1.57. The molecular formula is C14H20N2O4. The predicted molar refractivity (Wildman–Crippen MR) is 69.8 cm³/mol. The van der Waals surface area contributed by atoms with E-state index in [1.54, 1.807) is 4.90 Å². The maximum atomic E-state index is 12.5. The monoisotopic (exact) mass is 280 g/mol. The van der Waals surface area contributed by atoms with E-state index in [0.717, 1.165) is 12.8 Å². The Kier molecular flexibility index (Phi) is 3.40. The quantitative estimate of drug-likeness (QED) is 0.790. The van der Waals surface area contributed by atoms with E-state index in [0.29, 0.717) is 38.9 Å². The van der Waals surface area contributed by atoms with Gasteiger partial charge in [-0.1, -0.05) is 6.42 Å². The Bertz CT molecular complexity index is 450. The minimum absolute atomic E-state index is 0.0195. The largest absolute Gasteiger partial charge is 0.481 e. The molecule has 2 aliphatic heterocycles. The van der Waals surface area contributed by atoms with Gasteiger partial charge in [0, 0.05) is 32.1 Å². The molecule has 6 nitrogen and oxygen atoms in total. The number of hydrogen-bond donors (Lipinski definition) is 1. The molecule has 6 heteroatoms. The van der Waals surface area contributed by atoms with E-state index in [9.17, 15) is 19.5 Å². The molecule has 3 aliphatic rings. The second-order valence-corrected chi connectivity index (χ2v) is 6.05. The van der Waals surface area contributed by atoms with Crippen LogP contribution in [0.1, 0.15) is 32.1 Å². The van der Waals surface area contributed by atoms with Crippen molar-refractivity contribution in [3.05, 3.63) is 0 Å². The second kappa shape index (κ2) is 5.07. The van der Waals surface area contributed by atoms with Crippen molar-refractivity contribution in [1.29, 1.82) is 0 Å². The molecule has 20 heavy (non-hydrogen) atoms. The molecule has 110 valence electrons. The summed E-state index contributed by atoms with van der Waals surface area (Å²) in [5, 5.41) is 9.19. The Morgan fingerprint density at radius 3 is 2.60 bits per heavy atom. The molecule has 3 unspecified atom stereocenters. The van der Waals surface area contributed by atoms with Gasteiger partial charge in [-0.2, -0.15) is 0 Å². The van der Waals surface area contributed by atoms with Crippen LogP contribution in [0.4, 0.5) is 0 Å². The van der Waals surface area contributed by atoms with E-state index >= 15 is 0 Å². The van der Waals surface area contributed by atoms with Crippen LogP contribution < -0.4 is 0 Å². The van der Waals surface area contributed by atoms with Gasteiger partial charge < -0.3 is 14.9 Å². The van der Waals surface area contributed by atoms with Crippen LogP contribution in [0.3, 0.4) is 0 Å². The number of fused-ring (bicyclic) bond motifs is 1. The van der Waals surface area contributed by atoms with Crippen molar-refractivity contribution in [2.45, 2.75) is 38.1 Å². The normalized spacial score (nSPS) is 33.4. The van der Waals surface area contributed by atoms with Gasteiger partial charge >= 0.3 is 5.97 Å². The summed E-state index contributed by atoms with van der Waals surface area (Å²) in [5.41, 5.74) is 0. The number of aliphatic carboxylic acids is 1. The number of carboxylic acids is 1. The first-order valence-electron chi connectivity index (χ1n) is 7.39. The highest BCUT2D eigenvalue weighted by Crippen LogP contribution is 2.34. The first kappa shape index (κ1) is 13.4. The molecule has 0 aromatic rings. The SMILES string of the molecule is O=C(O)C1CCCC1C(=O)N1CCN2C(=O)CCC2C1. The average Bonchev–Trinajstić information content (AvgIpc) is 3.05. The summed E-state index contributed by atoms with van der Waals surface area (Å²) in [6.45, 7) is 1.72. The highest BCUT2D eigenvalue weighted by atomic mass is 16.4. The molecule has 0 radical (unpaired) electrons. The fourth-order valence-electron chi connectivity index (χ4n) is 3.85. The minimum Gasteiger partial charge on any atom is -0.481 e. The molecule has 1 aliphatic carbocycles. The van der Waals surface area contributed by atoms with E-state index in [1.807, 2.05) is 4.90 Å². The number of hydrogen-bond acceptors (Lipinski definition) is 3. The number of carbonyl (C=O) groups is 3. The summed E-state index contributed by atoms with van der Waals surface area (Å²) >= 11 is 0. The lowest BCUT2D eigenvalue weighted by Gasteiger charge is -2.39. The molecular weight excluding hydrogens is 260 g/mol. The van der Waals surface area contributed by atoms with Gasteiger partial charge in [-0.3, -0.25) is 14.4 Å². The summed E-state index contributed by atoms with van der Waals surface area (Å²) in [4.78, 5) is 39.0. The molecule has 1 saturated carbocycles. The van der Waals surface area contributed by atoms with Gasteiger partial charge in [-0.15, -0.1) is 0 Å². The third kappa shape index (κ3) is 2.17. The smallest absolute Gasteiger partial charge is 0.307 e. The summed E-state index contributed by atoms with van der Waals surface area (Å²) < 4.78 is 0. The lowest BCUT2D eigenvalue weighted by Crippen LogP contribution is -2.54. The lowest BCUT2D eigenvalue weighted by molar-refractivity contribution is -0.150. The summed E-state index contributed by atoms with van der Waals surface area (Å²) in [7, 11) is 0. The van der Waals surface area contributed by atoms with Gasteiger partial charge in [0.05, 0.1) is 11.8 Å². The third-order valence-corrected chi connectivity index (χ3v) is 4.96. The van der Waals surface area contributed by atoms with Crippen molar-refractivity contribution in [1.82, 2.24) is 9.80 Å². The molecule has 0 spiro atoms. The topological polar surface area (TPSA) is 77.9 Å². The van der Waals surface area contributed by atoms with Crippen molar-refractivity contribution in [3.8, 4) is 0 Å². The molecule has 0 bridgehead atoms. The van der Waals surface area contributed by atoms with E-state index in [4.69, 9.17) is 0 Å². The predicted octanol–water partition coefficient (Wildman–Crippen LogP) is 0.320. The first-order valence-corrected chi connectivity index (χ1v) is 7.39. The van der Waals surface area contributed by atoms with E-state index in [2.05, 4.69) is 0 Å². The van der Waals surface area contributed by atoms with Crippen molar-refractivity contribution < 1.29 is 19.5 Å². The van der Waals surface area contributed by atoms with Crippen LogP contribution in [0.25, 0.3) is 0 Å². The Morgan fingerprint density at radius 1 is 1.10 bits per heavy atom. The lowest BCUT2D eigenvalue weighted by atomic mass is 9.94. The van der Waals surface area contributed by atoms with Crippen LogP contribution in [0.15, 0.2) is 0 Å². The van der Waals surface area contributed by atoms with Crippen LogP contribution in [-0.2, 0) is 14.4 Å². The molecule has 2 heterocycles. The van der Waals surface area contributed by atoms with Crippen molar-refractivity contribution >= 4 is 17.8 Å². The zero-order chi connectivity index (χ0) is 14.3. The van der Waals surface area contributed by atoms with E-state index in [-0.39, 0.29) is 23.8 Å². The molecule has 2 saturated heterocycles.